The number of nitrogens with two attached hydrogens (primary N) is 5. The average Bonchev–Trinajstić information content (AvgIpc) is 3.52. The number of carbonyl (C=O) groups is 3. The molecule has 6 rings (SSSR count). The molecule has 5 aliphatic rings. The van der Waals surface area contributed by atoms with Crippen LogP contribution >= 0.6 is 0 Å². The maximum absolute atomic E-state index is 11.3. The van der Waals surface area contributed by atoms with Crippen LogP contribution in [0.2, 0.25) is 0 Å². The summed E-state index contributed by atoms with van der Waals surface area (Å²) in [5.41, 5.74) is 30.8. The number of carboxylic acids is 3. The third kappa shape index (κ3) is 14.4. The van der Waals surface area contributed by atoms with Gasteiger partial charge in [0.15, 0.2) is 25.2 Å². The molecule has 4 aliphatic heterocycles. The first-order valence-electron chi connectivity index (χ1n) is 19.7. The Kier molecular flexibility index (Phi) is 21.1. The smallest absolute Gasteiger partial charge is 0.300 e. The third-order valence-electron chi connectivity index (χ3n) is 10.2. The first kappa shape index (κ1) is 54.6. The van der Waals surface area contributed by atoms with Gasteiger partial charge < -0.3 is 113 Å². The van der Waals surface area contributed by atoms with Gasteiger partial charge in [-0.2, -0.15) is 0 Å². The van der Waals surface area contributed by atoms with Gasteiger partial charge in [0, 0.05) is 57.1 Å². The van der Waals surface area contributed by atoms with Gasteiger partial charge in [-0.25, -0.2) is 0 Å². The number of benzene rings is 1. The maximum atomic E-state index is 11.3. The van der Waals surface area contributed by atoms with E-state index >= 15 is 0 Å². The van der Waals surface area contributed by atoms with E-state index < -0.39 is 152 Å². The molecule has 1 aliphatic carbocycles. The van der Waals surface area contributed by atoms with Gasteiger partial charge in [-0.1, -0.05) is 12.1 Å². The van der Waals surface area contributed by atoms with E-state index in [0.717, 1.165) is 20.8 Å². The van der Waals surface area contributed by atoms with E-state index in [1.165, 1.54) is 18.2 Å². The number of fused-ring (bicyclic) bond motifs is 1. The summed E-state index contributed by atoms with van der Waals surface area (Å²) < 4.78 is 47.2. The van der Waals surface area contributed by atoms with Crippen molar-refractivity contribution < 1.29 is 103 Å². The molecule has 20 atom stereocenters. The molecule has 4 heterocycles. The fourth-order valence-electron chi connectivity index (χ4n) is 7.16. The standard InChI is InChI=1S/C30H48N6O16.3C2H4O2/c31-6-13-19(39)20(40)16(34)28(46-13)51-24-14(7-37)47-30(22(24)42)52-26-18(38)11(32)5-12(33)23(26)49-29-17(35)21(41)25-15(48-29)8-45-27(50-25)9-2-1-3-10(4-9)36(43)44;3*1-2(3)4/h1-4,11-30,37-42H,5-8,31-35H2;3*1H3,(H,3,4)/t11-,12+,13?,14-,15-,16-,17-,18+,19-,20-,21-,22-,23-,24-,25-,26-,27?,28-,29-,30+;;;/m1.../s1. The molecule has 5 fully saturated rings. The largest absolute Gasteiger partial charge is 0.481 e. The SMILES string of the molecule is CC(=O)O.CC(=O)O.CC(=O)O.NCC1O[C@H](O[C@H]2[C@@H](O)[C@H](O[C@@H]3[C@@H](O)[C@H](N)C[C@H](N)[C@H]3O[C@H]3O[C@@H]4COC(c5cccc([N+](=O)[O-])c5)O[C@H]4[C@H](O)[C@H]3N)O[C@@H]2CO)[C@H](N)[C@@H](O)[C@@H]1O. The number of nitrogens with zero attached hydrogens (tertiary/aromatic N) is 1. The van der Waals surface area contributed by atoms with Crippen LogP contribution in [0.5, 0.6) is 0 Å². The lowest BCUT2D eigenvalue weighted by Gasteiger charge is -2.49. The Morgan fingerprint density at radius 1 is 0.719 bits per heavy atom. The van der Waals surface area contributed by atoms with Crippen molar-refractivity contribution in [2.45, 2.75) is 150 Å². The van der Waals surface area contributed by atoms with E-state index in [4.69, 9.17) is 96.3 Å². The van der Waals surface area contributed by atoms with Gasteiger partial charge in [0.25, 0.3) is 23.6 Å². The van der Waals surface area contributed by atoms with E-state index in [9.17, 15) is 40.8 Å². The van der Waals surface area contributed by atoms with E-state index in [0.29, 0.717) is 5.56 Å². The second-order valence-electron chi connectivity index (χ2n) is 15.2. The Morgan fingerprint density at radius 3 is 1.81 bits per heavy atom. The lowest BCUT2D eigenvalue weighted by atomic mass is 9.84. The zero-order chi connectivity index (χ0) is 48.3. The van der Waals surface area contributed by atoms with Crippen molar-refractivity contribution in [2.75, 3.05) is 19.8 Å². The number of non-ortho nitro benzene ring substituents is 1. The number of carboxylic acid groups (broad SMARTS) is 3. The molecule has 28 nitrogen and oxygen atoms in total. The van der Waals surface area contributed by atoms with Crippen LogP contribution in [0.1, 0.15) is 39.0 Å². The third-order valence-corrected chi connectivity index (χ3v) is 10.2. The Hall–Kier alpha value is -3.73. The summed E-state index contributed by atoms with van der Waals surface area (Å²) in [6, 6.07) is 1.37. The number of nitro benzene ring substituents is 1. The summed E-state index contributed by atoms with van der Waals surface area (Å²) in [4.78, 5) is 37.7. The first-order valence-corrected chi connectivity index (χ1v) is 19.7. The summed E-state index contributed by atoms with van der Waals surface area (Å²) in [5.74, 6) is -2.50. The van der Waals surface area contributed by atoms with Gasteiger partial charge in [-0.05, 0) is 6.42 Å². The highest BCUT2D eigenvalue weighted by molar-refractivity contribution is 5.63. The van der Waals surface area contributed by atoms with Gasteiger partial charge >= 0.3 is 0 Å². The molecule has 28 heteroatoms. The van der Waals surface area contributed by atoms with Crippen LogP contribution in [-0.4, -0.2) is 205 Å². The lowest BCUT2D eigenvalue weighted by Crippen LogP contribution is -2.69. The normalized spacial score (nSPS) is 40.4. The van der Waals surface area contributed by atoms with Crippen molar-refractivity contribution in [3.05, 3.63) is 39.9 Å². The topological polar surface area (TPSA) is 480 Å². The zero-order valence-corrected chi connectivity index (χ0v) is 34.9. The van der Waals surface area contributed by atoms with Crippen molar-refractivity contribution in [1.29, 1.82) is 0 Å². The predicted octanol–water partition coefficient (Wildman–Crippen LogP) is -5.92. The maximum Gasteiger partial charge on any atom is 0.300 e. The van der Waals surface area contributed by atoms with Crippen LogP contribution < -0.4 is 28.7 Å². The minimum Gasteiger partial charge on any atom is -0.481 e. The van der Waals surface area contributed by atoms with Crippen LogP contribution in [0.25, 0.3) is 0 Å². The molecule has 0 bridgehead atoms. The highest BCUT2D eigenvalue weighted by Gasteiger charge is 2.55. The van der Waals surface area contributed by atoms with Crippen molar-refractivity contribution >= 4 is 23.6 Å². The van der Waals surface area contributed by atoms with Crippen molar-refractivity contribution in [3.63, 3.8) is 0 Å². The summed E-state index contributed by atoms with van der Waals surface area (Å²) in [6.07, 6.45) is -20.7. The quantitative estimate of drug-likeness (QED) is 0.0767. The summed E-state index contributed by atoms with van der Waals surface area (Å²) >= 11 is 0. The molecule has 0 spiro atoms. The van der Waals surface area contributed by atoms with E-state index in [1.54, 1.807) is 6.07 Å². The van der Waals surface area contributed by atoms with E-state index in [2.05, 4.69) is 0 Å². The zero-order valence-electron chi connectivity index (χ0n) is 34.9. The molecule has 4 saturated heterocycles. The van der Waals surface area contributed by atoms with E-state index in [1.807, 2.05) is 0 Å². The number of aliphatic hydroxyl groups is 6. The average molecular weight is 929 g/mol. The molecule has 1 saturated carbocycles. The molecule has 0 aromatic heterocycles. The molecule has 0 amide bonds. The fourth-order valence-corrected chi connectivity index (χ4v) is 7.16. The molecule has 2 unspecified atom stereocenters. The molecule has 19 N–H and O–H groups in total. The number of aliphatic hydroxyl groups excluding tert-OH is 6. The number of hydrogen-bond donors (Lipinski definition) is 14. The Balaban J connectivity index is 0.000000808. The second kappa shape index (κ2) is 24.7. The second-order valence-corrected chi connectivity index (χ2v) is 15.2. The Bertz CT molecular complexity index is 1630. The monoisotopic (exact) mass is 928 g/mol. The van der Waals surface area contributed by atoms with E-state index in [-0.39, 0.29) is 25.3 Å². The summed E-state index contributed by atoms with van der Waals surface area (Å²) in [6.45, 7) is 2.28. The highest BCUT2D eigenvalue weighted by Crippen LogP contribution is 2.37. The van der Waals surface area contributed by atoms with Gasteiger partial charge in [0.05, 0.1) is 36.3 Å². The fraction of sp³-hybridized carbons (Fsp3) is 0.750. The predicted molar refractivity (Wildman–Crippen MR) is 210 cm³/mol. The van der Waals surface area contributed by atoms with Crippen LogP contribution in [0.15, 0.2) is 24.3 Å². The lowest BCUT2D eigenvalue weighted by molar-refractivity contribution is -0.385. The van der Waals surface area contributed by atoms with Crippen LogP contribution in [0.3, 0.4) is 0 Å². The molecule has 366 valence electrons. The highest BCUT2D eigenvalue weighted by atomic mass is 16.8. The van der Waals surface area contributed by atoms with Gasteiger partial charge in [0.1, 0.15) is 67.1 Å². The number of aliphatic carboxylic acids is 3. The minimum atomic E-state index is -1.64. The Labute approximate surface area is 364 Å². The van der Waals surface area contributed by atoms with Crippen LogP contribution in [-0.2, 0) is 52.3 Å². The van der Waals surface area contributed by atoms with Crippen molar-refractivity contribution in [2.24, 2.45) is 28.7 Å². The minimum absolute atomic E-state index is 0.0614. The van der Waals surface area contributed by atoms with Crippen molar-refractivity contribution in [3.8, 4) is 0 Å². The summed E-state index contributed by atoms with van der Waals surface area (Å²) in [7, 11) is 0. The summed E-state index contributed by atoms with van der Waals surface area (Å²) in [5, 5.41) is 97.8. The van der Waals surface area contributed by atoms with Crippen LogP contribution in [0.4, 0.5) is 5.69 Å². The first-order chi connectivity index (χ1) is 29.9. The molecule has 64 heavy (non-hydrogen) atoms. The molecule has 1 aromatic rings. The van der Waals surface area contributed by atoms with Gasteiger partial charge in [-0.3, -0.25) is 24.5 Å². The van der Waals surface area contributed by atoms with Crippen LogP contribution in [0, 0.1) is 10.1 Å². The molecular weight excluding hydrogens is 868 g/mol. The number of rotatable bonds is 10. The number of hydrogen-bond acceptors (Lipinski definition) is 24. The molecule has 0 radical (unpaired) electrons. The molecular formula is C36H60N6O22. The number of ether oxygens (including phenoxy) is 8. The molecule has 1 aromatic carbocycles. The van der Waals surface area contributed by atoms with Crippen molar-refractivity contribution in [1.82, 2.24) is 0 Å². The number of nitro groups is 1. The Morgan fingerprint density at radius 2 is 1.25 bits per heavy atom. The van der Waals surface area contributed by atoms with Gasteiger partial charge in [-0.15, -0.1) is 0 Å². The van der Waals surface area contributed by atoms with Gasteiger partial charge in [0.2, 0.25) is 0 Å².